The van der Waals surface area contributed by atoms with Gasteiger partial charge in [-0.3, -0.25) is 0 Å². The van der Waals surface area contributed by atoms with Gasteiger partial charge in [0.1, 0.15) is 0 Å². The summed E-state index contributed by atoms with van der Waals surface area (Å²) < 4.78 is 0. The molecule has 0 atom stereocenters. The fourth-order valence-corrected chi connectivity index (χ4v) is 2.31. The quantitative estimate of drug-likeness (QED) is 0.814. The lowest BCUT2D eigenvalue weighted by Gasteiger charge is -2.25. The zero-order valence-corrected chi connectivity index (χ0v) is 11.2. The molecule has 2 amide bonds. The molecular weight excluding hydrogens is 248 g/mol. The molecule has 0 radical (unpaired) electrons. The average molecular weight is 267 g/mol. The minimum atomic E-state index is -0.000720. The van der Waals surface area contributed by atoms with Gasteiger partial charge in [0.05, 0.1) is 0 Å². The van der Waals surface area contributed by atoms with E-state index in [0.29, 0.717) is 5.02 Å². The number of hydrogen-bond acceptors (Lipinski definition) is 1. The maximum Gasteiger partial charge on any atom is 0.321 e. The molecule has 0 spiro atoms. The number of rotatable bonds is 1. The van der Waals surface area contributed by atoms with E-state index in [2.05, 4.69) is 5.32 Å². The van der Waals surface area contributed by atoms with Gasteiger partial charge in [0.15, 0.2) is 0 Å². The van der Waals surface area contributed by atoms with Gasteiger partial charge in [-0.25, -0.2) is 4.79 Å². The number of likely N-dealkylation sites (tertiary alicyclic amines) is 1. The molecule has 0 unspecified atom stereocenters. The van der Waals surface area contributed by atoms with E-state index in [1.165, 1.54) is 19.3 Å². The van der Waals surface area contributed by atoms with E-state index in [9.17, 15) is 4.79 Å². The van der Waals surface area contributed by atoms with Crippen LogP contribution in [0.1, 0.15) is 32.1 Å². The van der Waals surface area contributed by atoms with E-state index < -0.39 is 0 Å². The highest BCUT2D eigenvalue weighted by Crippen LogP contribution is 2.15. The molecule has 1 aromatic rings. The third kappa shape index (κ3) is 3.91. The van der Waals surface area contributed by atoms with Crippen LogP contribution >= 0.6 is 11.6 Å². The zero-order valence-electron chi connectivity index (χ0n) is 10.5. The Balaban J connectivity index is 1.91. The van der Waals surface area contributed by atoms with Crippen molar-refractivity contribution in [3.05, 3.63) is 29.3 Å². The lowest BCUT2D eigenvalue weighted by molar-refractivity contribution is 0.206. The van der Waals surface area contributed by atoms with Gasteiger partial charge < -0.3 is 10.2 Å². The number of hydrogen-bond donors (Lipinski definition) is 1. The molecule has 98 valence electrons. The van der Waals surface area contributed by atoms with Crippen LogP contribution in [0.2, 0.25) is 5.02 Å². The summed E-state index contributed by atoms with van der Waals surface area (Å²) in [5.41, 5.74) is 0.798. The molecule has 0 bridgehead atoms. The maximum atomic E-state index is 12.1. The molecule has 18 heavy (non-hydrogen) atoms. The second kappa shape index (κ2) is 6.64. The van der Waals surface area contributed by atoms with Crippen LogP contribution in [0.25, 0.3) is 0 Å². The molecule has 2 rings (SSSR count). The summed E-state index contributed by atoms with van der Waals surface area (Å²) >= 11 is 5.81. The van der Waals surface area contributed by atoms with Gasteiger partial charge in [-0.2, -0.15) is 0 Å². The van der Waals surface area contributed by atoms with Crippen LogP contribution in [-0.4, -0.2) is 24.0 Å². The van der Waals surface area contributed by atoms with Gasteiger partial charge in [-0.15, -0.1) is 0 Å². The third-order valence-electron chi connectivity index (χ3n) is 3.24. The van der Waals surface area contributed by atoms with Crippen molar-refractivity contribution in [3.8, 4) is 0 Å². The van der Waals surface area contributed by atoms with E-state index in [1.54, 1.807) is 12.1 Å². The standard InChI is InChI=1S/C14H19ClN2O/c15-12-6-8-13(9-7-12)16-14(18)17-10-4-2-1-3-5-11-17/h6-9H,1-5,10-11H2,(H,16,18). The Hall–Kier alpha value is -1.22. The van der Waals surface area contributed by atoms with Crippen molar-refractivity contribution >= 4 is 23.3 Å². The molecule has 1 saturated heterocycles. The van der Waals surface area contributed by atoms with Crippen LogP contribution in [-0.2, 0) is 0 Å². The Morgan fingerprint density at radius 3 is 2.17 bits per heavy atom. The van der Waals surface area contributed by atoms with Gasteiger partial charge in [-0.05, 0) is 37.1 Å². The predicted octanol–water partition coefficient (Wildman–Crippen LogP) is 4.14. The Morgan fingerprint density at radius 1 is 1.00 bits per heavy atom. The summed E-state index contributed by atoms with van der Waals surface area (Å²) in [4.78, 5) is 14.0. The number of anilines is 1. The van der Waals surface area contributed by atoms with Crippen LogP contribution in [0.4, 0.5) is 10.5 Å². The van der Waals surface area contributed by atoms with Gasteiger partial charge >= 0.3 is 6.03 Å². The monoisotopic (exact) mass is 266 g/mol. The number of nitrogens with zero attached hydrogens (tertiary/aromatic N) is 1. The highest BCUT2D eigenvalue weighted by molar-refractivity contribution is 6.30. The molecule has 1 aromatic carbocycles. The lowest BCUT2D eigenvalue weighted by Crippen LogP contribution is -2.37. The Morgan fingerprint density at radius 2 is 1.56 bits per heavy atom. The van der Waals surface area contributed by atoms with Gasteiger partial charge in [-0.1, -0.05) is 30.9 Å². The molecule has 1 aliphatic heterocycles. The first-order valence-electron chi connectivity index (χ1n) is 6.57. The Bertz CT molecular complexity index is 383. The molecule has 1 aliphatic rings. The van der Waals surface area contributed by atoms with Crippen molar-refractivity contribution in [2.45, 2.75) is 32.1 Å². The van der Waals surface area contributed by atoms with Crippen LogP contribution in [0.15, 0.2) is 24.3 Å². The van der Waals surface area contributed by atoms with E-state index in [0.717, 1.165) is 31.6 Å². The van der Waals surface area contributed by atoms with Crippen LogP contribution in [0.3, 0.4) is 0 Å². The lowest BCUT2D eigenvalue weighted by atomic mass is 10.1. The normalized spacial score (nSPS) is 16.8. The Labute approximate surface area is 113 Å². The summed E-state index contributed by atoms with van der Waals surface area (Å²) in [6.07, 6.45) is 5.96. The first-order valence-corrected chi connectivity index (χ1v) is 6.95. The average Bonchev–Trinajstić information content (AvgIpc) is 2.31. The first kappa shape index (κ1) is 13.2. The minimum Gasteiger partial charge on any atom is -0.325 e. The highest BCUT2D eigenvalue weighted by atomic mass is 35.5. The number of carbonyl (C=O) groups is 1. The number of urea groups is 1. The summed E-state index contributed by atoms with van der Waals surface area (Å²) in [7, 11) is 0. The fourth-order valence-electron chi connectivity index (χ4n) is 2.19. The highest BCUT2D eigenvalue weighted by Gasteiger charge is 2.14. The zero-order chi connectivity index (χ0) is 12.8. The predicted molar refractivity (Wildman–Crippen MR) is 75.1 cm³/mol. The molecular formula is C14H19ClN2O. The molecule has 4 heteroatoms. The number of nitrogens with one attached hydrogen (secondary N) is 1. The van der Waals surface area contributed by atoms with Crippen molar-refractivity contribution in [2.24, 2.45) is 0 Å². The summed E-state index contributed by atoms with van der Waals surface area (Å²) in [5, 5.41) is 3.60. The smallest absolute Gasteiger partial charge is 0.321 e. The number of halogens is 1. The van der Waals surface area contributed by atoms with Gasteiger partial charge in [0, 0.05) is 23.8 Å². The number of benzene rings is 1. The Kier molecular flexibility index (Phi) is 4.88. The van der Waals surface area contributed by atoms with E-state index >= 15 is 0 Å². The van der Waals surface area contributed by atoms with E-state index in [4.69, 9.17) is 11.6 Å². The summed E-state index contributed by atoms with van der Waals surface area (Å²) in [6.45, 7) is 1.72. The topological polar surface area (TPSA) is 32.3 Å². The largest absolute Gasteiger partial charge is 0.325 e. The SMILES string of the molecule is O=C(Nc1ccc(Cl)cc1)N1CCCCCCC1. The number of carbonyl (C=O) groups excluding carboxylic acids is 1. The van der Waals surface area contributed by atoms with Crippen LogP contribution < -0.4 is 5.32 Å². The van der Waals surface area contributed by atoms with Crippen molar-refractivity contribution < 1.29 is 4.79 Å². The van der Waals surface area contributed by atoms with Crippen molar-refractivity contribution in [3.63, 3.8) is 0 Å². The molecule has 3 nitrogen and oxygen atoms in total. The minimum absolute atomic E-state index is 0.000720. The maximum absolute atomic E-state index is 12.1. The molecule has 0 aromatic heterocycles. The molecule has 0 aliphatic carbocycles. The van der Waals surface area contributed by atoms with Crippen LogP contribution in [0.5, 0.6) is 0 Å². The van der Waals surface area contributed by atoms with Gasteiger partial charge in [0.25, 0.3) is 0 Å². The van der Waals surface area contributed by atoms with Gasteiger partial charge in [0.2, 0.25) is 0 Å². The second-order valence-electron chi connectivity index (χ2n) is 4.69. The first-order chi connectivity index (χ1) is 8.75. The second-order valence-corrected chi connectivity index (χ2v) is 5.13. The third-order valence-corrected chi connectivity index (χ3v) is 3.49. The summed E-state index contributed by atoms with van der Waals surface area (Å²) in [5.74, 6) is 0. The molecule has 0 saturated carbocycles. The van der Waals surface area contributed by atoms with E-state index in [1.807, 2.05) is 17.0 Å². The molecule has 1 heterocycles. The molecule has 1 fully saturated rings. The van der Waals surface area contributed by atoms with Crippen molar-refractivity contribution in [1.29, 1.82) is 0 Å². The number of amides is 2. The van der Waals surface area contributed by atoms with E-state index in [-0.39, 0.29) is 6.03 Å². The fraction of sp³-hybridized carbons (Fsp3) is 0.500. The van der Waals surface area contributed by atoms with Crippen molar-refractivity contribution in [2.75, 3.05) is 18.4 Å². The molecule has 1 N–H and O–H groups in total. The van der Waals surface area contributed by atoms with Crippen molar-refractivity contribution in [1.82, 2.24) is 4.90 Å². The summed E-state index contributed by atoms with van der Waals surface area (Å²) in [6, 6.07) is 7.21. The van der Waals surface area contributed by atoms with Crippen LogP contribution in [0, 0.1) is 0 Å².